The molecule has 0 aliphatic carbocycles. The molecule has 4 nitrogen and oxygen atoms in total. The van der Waals surface area contributed by atoms with E-state index in [0.717, 1.165) is 44.8 Å². The number of likely N-dealkylation sites (tertiary alicyclic amines) is 1. The van der Waals surface area contributed by atoms with Gasteiger partial charge < -0.3 is 10.5 Å². The van der Waals surface area contributed by atoms with E-state index in [0.29, 0.717) is 11.5 Å². The molecule has 3 rings (SSSR count). The van der Waals surface area contributed by atoms with Crippen molar-refractivity contribution in [3.63, 3.8) is 0 Å². The summed E-state index contributed by atoms with van der Waals surface area (Å²) in [5.41, 5.74) is 7.06. The van der Waals surface area contributed by atoms with Gasteiger partial charge in [0.25, 0.3) is 0 Å². The summed E-state index contributed by atoms with van der Waals surface area (Å²) in [6, 6.07) is 17.6. The normalized spacial score (nSPS) is 16.0. The zero-order chi connectivity index (χ0) is 16.8. The first-order chi connectivity index (χ1) is 11.7. The Morgan fingerprint density at radius 1 is 1.04 bits per heavy atom. The molecule has 1 saturated heterocycles. The van der Waals surface area contributed by atoms with Gasteiger partial charge in [-0.15, -0.1) is 0 Å². The Morgan fingerprint density at radius 3 is 2.33 bits per heavy atom. The van der Waals surface area contributed by atoms with Crippen LogP contribution in [0.2, 0.25) is 0 Å². The first-order valence-corrected chi connectivity index (χ1v) is 8.49. The largest absolute Gasteiger partial charge is 0.493 e. The lowest BCUT2D eigenvalue weighted by Crippen LogP contribution is -2.35. The molecule has 0 atom stereocenters. The van der Waals surface area contributed by atoms with Crippen LogP contribution in [0.25, 0.3) is 0 Å². The van der Waals surface area contributed by atoms with Gasteiger partial charge in [-0.3, -0.25) is 9.69 Å². The maximum Gasteiger partial charge on any atom is 0.248 e. The highest BCUT2D eigenvalue weighted by Gasteiger charge is 2.19. The van der Waals surface area contributed by atoms with Gasteiger partial charge in [0.05, 0.1) is 6.61 Å². The number of ether oxygens (including phenoxy) is 1. The number of para-hydroxylation sites is 1. The number of rotatable bonds is 6. The van der Waals surface area contributed by atoms with Crippen LogP contribution in [0.4, 0.5) is 0 Å². The highest BCUT2D eigenvalue weighted by atomic mass is 16.5. The fourth-order valence-corrected chi connectivity index (χ4v) is 3.07. The average Bonchev–Trinajstić information content (AvgIpc) is 2.62. The molecule has 0 bridgehead atoms. The van der Waals surface area contributed by atoms with Crippen molar-refractivity contribution in [1.29, 1.82) is 0 Å². The summed E-state index contributed by atoms with van der Waals surface area (Å²) < 4.78 is 5.87. The maximum absolute atomic E-state index is 11.1. The van der Waals surface area contributed by atoms with E-state index in [1.165, 1.54) is 5.56 Å². The summed E-state index contributed by atoms with van der Waals surface area (Å²) in [4.78, 5) is 13.6. The molecule has 2 aromatic carbocycles. The third kappa shape index (κ3) is 4.59. The van der Waals surface area contributed by atoms with Gasteiger partial charge >= 0.3 is 0 Å². The molecular weight excluding hydrogens is 300 g/mol. The van der Waals surface area contributed by atoms with E-state index in [9.17, 15) is 4.79 Å². The summed E-state index contributed by atoms with van der Waals surface area (Å²) in [6.45, 7) is 3.89. The monoisotopic (exact) mass is 324 g/mol. The summed E-state index contributed by atoms with van der Waals surface area (Å²) in [5, 5.41) is 0. The molecule has 0 spiro atoms. The number of nitrogens with two attached hydrogens (primary N) is 1. The molecule has 126 valence electrons. The van der Waals surface area contributed by atoms with E-state index >= 15 is 0 Å². The van der Waals surface area contributed by atoms with Crippen molar-refractivity contribution in [3.8, 4) is 5.75 Å². The molecule has 0 unspecified atom stereocenters. The first kappa shape index (κ1) is 16.5. The van der Waals surface area contributed by atoms with Gasteiger partial charge in [0.1, 0.15) is 5.75 Å². The summed E-state index contributed by atoms with van der Waals surface area (Å²) in [6.07, 6.45) is 2.32. The predicted molar refractivity (Wildman–Crippen MR) is 94.9 cm³/mol. The number of carbonyl (C=O) groups excluding carboxylic acids is 1. The predicted octanol–water partition coefficient (Wildman–Crippen LogP) is 3.08. The molecule has 1 aliphatic heterocycles. The molecule has 4 heteroatoms. The number of primary amides is 1. The second kappa shape index (κ2) is 7.97. The molecular formula is C20H24N2O2. The van der Waals surface area contributed by atoms with E-state index in [1.54, 1.807) is 12.1 Å². The lowest BCUT2D eigenvalue weighted by atomic mass is 9.97. The van der Waals surface area contributed by atoms with Crippen molar-refractivity contribution in [2.45, 2.75) is 19.4 Å². The van der Waals surface area contributed by atoms with E-state index < -0.39 is 0 Å². The molecule has 1 heterocycles. The number of hydrogen-bond acceptors (Lipinski definition) is 3. The fraction of sp³-hybridized carbons (Fsp3) is 0.350. The number of benzene rings is 2. The second-order valence-electron chi connectivity index (χ2n) is 6.40. The number of amides is 1. The molecule has 1 fully saturated rings. The number of piperidine rings is 1. The van der Waals surface area contributed by atoms with Crippen LogP contribution in [0.5, 0.6) is 5.75 Å². The van der Waals surface area contributed by atoms with E-state index in [4.69, 9.17) is 10.5 Å². The molecule has 1 aliphatic rings. The SMILES string of the molecule is NC(=O)c1ccc(CN2CCC(COc3ccccc3)CC2)cc1. The minimum Gasteiger partial charge on any atom is -0.493 e. The van der Waals surface area contributed by atoms with Crippen LogP contribution in [-0.4, -0.2) is 30.5 Å². The Balaban J connectivity index is 1.42. The fourth-order valence-electron chi connectivity index (χ4n) is 3.07. The summed E-state index contributed by atoms with van der Waals surface area (Å²) in [5.74, 6) is 1.20. The topological polar surface area (TPSA) is 55.6 Å². The molecule has 0 aromatic heterocycles. The van der Waals surface area contributed by atoms with Crippen LogP contribution in [0, 0.1) is 5.92 Å². The minimum atomic E-state index is -0.374. The van der Waals surface area contributed by atoms with Gasteiger partial charge in [-0.25, -0.2) is 0 Å². The van der Waals surface area contributed by atoms with Crippen LogP contribution >= 0.6 is 0 Å². The minimum absolute atomic E-state index is 0.374. The smallest absolute Gasteiger partial charge is 0.248 e. The van der Waals surface area contributed by atoms with Gasteiger partial charge in [-0.1, -0.05) is 30.3 Å². The zero-order valence-corrected chi connectivity index (χ0v) is 13.9. The number of carbonyl (C=O) groups is 1. The Kier molecular flexibility index (Phi) is 5.49. The molecule has 2 N–H and O–H groups in total. The highest BCUT2D eigenvalue weighted by molar-refractivity contribution is 5.92. The number of hydrogen-bond donors (Lipinski definition) is 1. The Morgan fingerprint density at radius 2 is 1.71 bits per heavy atom. The Hall–Kier alpha value is -2.33. The van der Waals surface area contributed by atoms with Crippen molar-refractivity contribution in [1.82, 2.24) is 4.90 Å². The van der Waals surface area contributed by atoms with Crippen LogP contribution in [0.1, 0.15) is 28.8 Å². The zero-order valence-electron chi connectivity index (χ0n) is 13.9. The van der Waals surface area contributed by atoms with Crippen LogP contribution in [-0.2, 0) is 6.54 Å². The third-order valence-electron chi connectivity index (χ3n) is 4.58. The van der Waals surface area contributed by atoms with Crippen LogP contribution in [0.3, 0.4) is 0 Å². The average molecular weight is 324 g/mol. The molecule has 0 radical (unpaired) electrons. The standard InChI is InChI=1S/C20H24N2O2/c21-20(23)18-8-6-16(7-9-18)14-22-12-10-17(11-13-22)15-24-19-4-2-1-3-5-19/h1-9,17H,10-15H2,(H2,21,23). The quantitative estimate of drug-likeness (QED) is 0.888. The Labute approximate surface area is 143 Å². The maximum atomic E-state index is 11.1. The first-order valence-electron chi connectivity index (χ1n) is 8.49. The van der Waals surface area contributed by atoms with Crippen molar-refractivity contribution in [2.24, 2.45) is 11.7 Å². The Bertz CT molecular complexity index is 647. The van der Waals surface area contributed by atoms with Gasteiger partial charge in [0, 0.05) is 12.1 Å². The van der Waals surface area contributed by atoms with Gasteiger partial charge in [0.15, 0.2) is 0 Å². The third-order valence-corrected chi connectivity index (χ3v) is 4.58. The van der Waals surface area contributed by atoms with Crippen molar-refractivity contribution < 1.29 is 9.53 Å². The van der Waals surface area contributed by atoms with E-state index in [1.807, 2.05) is 42.5 Å². The summed E-state index contributed by atoms with van der Waals surface area (Å²) in [7, 11) is 0. The second-order valence-corrected chi connectivity index (χ2v) is 6.40. The summed E-state index contributed by atoms with van der Waals surface area (Å²) >= 11 is 0. The van der Waals surface area contributed by atoms with E-state index in [2.05, 4.69) is 4.90 Å². The van der Waals surface area contributed by atoms with Crippen LogP contribution < -0.4 is 10.5 Å². The van der Waals surface area contributed by atoms with Gasteiger partial charge in [-0.05, 0) is 61.7 Å². The van der Waals surface area contributed by atoms with Gasteiger partial charge in [-0.2, -0.15) is 0 Å². The van der Waals surface area contributed by atoms with Crippen molar-refractivity contribution in [3.05, 3.63) is 65.7 Å². The molecule has 24 heavy (non-hydrogen) atoms. The van der Waals surface area contributed by atoms with Crippen LogP contribution in [0.15, 0.2) is 54.6 Å². The number of nitrogens with zero attached hydrogens (tertiary/aromatic N) is 1. The van der Waals surface area contributed by atoms with Gasteiger partial charge in [0.2, 0.25) is 5.91 Å². The molecule has 1 amide bonds. The van der Waals surface area contributed by atoms with Crippen molar-refractivity contribution in [2.75, 3.05) is 19.7 Å². The van der Waals surface area contributed by atoms with E-state index in [-0.39, 0.29) is 5.91 Å². The lowest BCUT2D eigenvalue weighted by Gasteiger charge is -2.31. The molecule has 2 aromatic rings. The highest BCUT2D eigenvalue weighted by Crippen LogP contribution is 2.21. The molecule has 0 saturated carbocycles. The van der Waals surface area contributed by atoms with Crippen molar-refractivity contribution >= 4 is 5.91 Å². The lowest BCUT2D eigenvalue weighted by molar-refractivity contribution is 0.1000.